The van der Waals surface area contributed by atoms with Gasteiger partial charge in [0, 0.05) is 52.4 Å². The molecule has 0 aliphatic carbocycles. The van der Waals surface area contributed by atoms with Gasteiger partial charge in [-0.3, -0.25) is 4.98 Å². The molecule has 6 heteroatoms. The molecule has 2 aromatic rings. The van der Waals surface area contributed by atoms with Gasteiger partial charge in [0.1, 0.15) is 5.82 Å². The Morgan fingerprint density at radius 3 is 2.05 bits per heavy atom. The van der Waals surface area contributed by atoms with Crippen molar-refractivity contribution < 1.29 is 0 Å². The molecule has 0 spiro atoms. The molecule has 1 aliphatic rings. The number of hydrogen-bond donors (Lipinski definition) is 3. The summed E-state index contributed by atoms with van der Waals surface area (Å²) in [6.45, 7) is 7.80. The molecule has 0 saturated carbocycles. The fraction of sp³-hybridized carbons (Fsp3) is 0.500. The molecule has 1 aliphatic heterocycles. The maximum atomic E-state index is 4.76. The van der Waals surface area contributed by atoms with E-state index in [2.05, 4.69) is 25.8 Å². The molecule has 118 valence electrons. The maximum Gasteiger partial charge on any atom is 0.147 e. The van der Waals surface area contributed by atoms with E-state index >= 15 is 0 Å². The molecule has 0 atom stereocenters. The average Bonchev–Trinajstić information content (AvgIpc) is 2.55. The monoisotopic (exact) mass is 300 g/mol. The summed E-state index contributed by atoms with van der Waals surface area (Å²) >= 11 is 0. The lowest BCUT2D eigenvalue weighted by molar-refractivity contribution is 0.556. The minimum atomic E-state index is 0.939. The van der Waals surface area contributed by atoms with Crippen molar-refractivity contribution in [2.45, 2.75) is 0 Å². The highest BCUT2D eigenvalue weighted by atomic mass is 15.2. The first kappa shape index (κ1) is 15.1. The third kappa shape index (κ3) is 4.13. The van der Waals surface area contributed by atoms with Crippen molar-refractivity contribution in [3.63, 3.8) is 0 Å². The minimum Gasteiger partial charge on any atom is -0.353 e. The topological polar surface area (TPSA) is 65.1 Å². The number of nitrogens with zero attached hydrogens (tertiary/aromatic N) is 3. The summed E-state index contributed by atoms with van der Waals surface area (Å²) in [4.78, 5) is 11.6. The molecule has 0 bridgehead atoms. The van der Waals surface area contributed by atoms with Crippen LogP contribution in [0.2, 0.25) is 0 Å². The van der Waals surface area contributed by atoms with Crippen molar-refractivity contribution in [3.05, 3.63) is 30.5 Å². The predicted octanol–water partition coefficient (Wildman–Crippen LogP) is 0.219. The molecule has 1 saturated heterocycles. The van der Waals surface area contributed by atoms with E-state index in [0.29, 0.717) is 0 Å². The van der Waals surface area contributed by atoms with Crippen LogP contribution in [0.5, 0.6) is 0 Å². The average molecular weight is 300 g/mol. The van der Waals surface area contributed by atoms with Crippen LogP contribution in [0.1, 0.15) is 0 Å². The van der Waals surface area contributed by atoms with Gasteiger partial charge in [-0.15, -0.1) is 0 Å². The van der Waals surface area contributed by atoms with Gasteiger partial charge in [0.25, 0.3) is 0 Å². The van der Waals surface area contributed by atoms with Crippen molar-refractivity contribution in [1.82, 2.24) is 25.9 Å². The molecule has 2 heterocycles. The van der Waals surface area contributed by atoms with Crippen LogP contribution in [0, 0.1) is 0 Å². The van der Waals surface area contributed by atoms with E-state index in [9.17, 15) is 0 Å². The van der Waals surface area contributed by atoms with Gasteiger partial charge in [-0.2, -0.15) is 0 Å². The van der Waals surface area contributed by atoms with Crippen molar-refractivity contribution in [2.75, 3.05) is 57.3 Å². The number of benzene rings is 1. The van der Waals surface area contributed by atoms with E-state index in [4.69, 9.17) is 4.98 Å². The number of aromatic nitrogens is 2. The molecule has 0 radical (unpaired) electrons. The van der Waals surface area contributed by atoms with E-state index in [0.717, 1.165) is 69.2 Å². The zero-order valence-corrected chi connectivity index (χ0v) is 12.9. The number of para-hydroxylation sites is 2. The van der Waals surface area contributed by atoms with Gasteiger partial charge in [0.15, 0.2) is 0 Å². The Morgan fingerprint density at radius 1 is 0.773 bits per heavy atom. The van der Waals surface area contributed by atoms with Crippen LogP contribution in [-0.2, 0) is 0 Å². The van der Waals surface area contributed by atoms with Crippen LogP contribution in [0.4, 0.5) is 5.82 Å². The van der Waals surface area contributed by atoms with Crippen LogP contribution in [0.3, 0.4) is 0 Å². The number of rotatable bonds is 1. The van der Waals surface area contributed by atoms with Crippen molar-refractivity contribution in [1.29, 1.82) is 0 Å². The zero-order chi connectivity index (χ0) is 15.0. The first-order valence-corrected chi connectivity index (χ1v) is 8.02. The highest BCUT2D eigenvalue weighted by Crippen LogP contribution is 2.14. The first-order chi connectivity index (χ1) is 10.9. The predicted molar refractivity (Wildman–Crippen MR) is 90.4 cm³/mol. The fourth-order valence-electron chi connectivity index (χ4n) is 2.60. The third-order valence-corrected chi connectivity index (χ3v) is 3.83. The van der Waals surface area contributed by atoms with E-state index in [1.807, 2.05) is 30.5 Å². The minimum absolute atomic E-state index is 0.939. The number of fused-ring (bicyclic) bond motifs is 1. The molecular formula is C16H24N6. The quantitative estimate of drug-likeness (QED) is 0.700. The van der Waals surface area contributed by atoms with Gasteiger partial charge in [0.2, 0.25) is 0 Å². The Labute approximate surface area is 131 Å². The molecule has 1 aromatic heterocycles. The Kier molecular flexibility index (Phi) is 5.53. The van der Waals surface area contributed by atoms with Gasteiger partial charge in [-0.25, -0.2) is 4.98 Å². The summed E-state index contributed by atoms with van der Waals surface area (Å²) in [5.41, 5.74) is 1.90. The second kappa shape index (κ2) is 8.03. The van der Waals surface area contributed by atoms with Crippen LogP contribution in [0.15, 0.2) is 30.5 Å². The van der Waals surface area contributed by atoms with Gasteiger partial charge in [-0.05, 0) is 12.1 Å². The Bertz CT molecular complexity index is 576. The number of nitrogens with one attached hydrogen (secondary N) is 3. The maximum absolute atomic E-state index is 4.76. The standard InChI is InChI=1S/C16H24N6/c1-2-4-15-14(3-1)20-13-16(21-15)22-11-9-18-7-5-17-6-8-19-10-12-22/h1-4,13,17-19H,5-12H2. The normalized spacial score (nSPS) is 18.6. The van der Waals surface area contributed by atoms with Gasteiger partial charge in [0.05, 0.1) is 17.2 Å². The van der Waals surface area contributed by atoms with Crippen LogP contribution in [0.25, 0.3) is 11.0 Å². The highest BCUT2D eigenvalue weighted by Gasteiger charge is 2.09. The van der Waals surface area contributed by atoms with E-state index < -0.39 is 0 Å². The summed E-state index contributed by atoms with van der Waals surface area (Å²) in [6, 6.07) is 8.02. The molecular weight excluding hydrogens is 276 g/mol. The Hall–Kier alpha value is -1.76. The van der Waals surface area contributed by atoms with Crippen LogP contribution in [-0.4, -0.2) is 62.3 Å². The second-order valence-corrected chi connectivity index (χ2v) is 5.45. The molecule has 1 aromatic carbocycles. The number of hydrogen-bond acceptors (Lipinski definition) is 6. The SMILES string of the molecule is c1ccc2nc(N3CCNCCNCCNCC3)cnc2c1. The van der Waals surface area contributed by atoms with Gasteiger partial charge >= 0.3 is 0 Å². The van der Waals surface area contributed by atoms with Crippen LogP contribution >= 0.6 is 0 Å². The lowest BCUT2D eigenvalue weighted by atomic mass is 10.3. The molecule has 0 unspecified atom stereocenters. The highest BCUT2D eigenvalue weighted by molar-refractivity contribution is 5.75. The molecule has 3 rings (SSSR count). The molecule has 6 nitrogen and oxygen atoms in total. The number of anilines is 1. The fourth-order valence-corrected chi connectivity index (χ4v) is 2.60. The molecule has 22 heavy (non-hydrogen) atoms. The molecule has 0 amide bonds. The zero-order valence-electron chi connectivity index (χ0n) is 12.9. The van der Waals surface area contributed by atoms with E-state index in [1.165, 1.54) is 0 Å². The van der Waals surface area contributed by atoms with Crippen LogP contribution < -0.4 is 20.9 Å². The molecule has 3 N–H and O–H groups in total. The van der Waals surface area contributed by atoms with Crippen molar-refractivity contribution in [2.24, 2.45) is 0 Å². The first-order valence-electron chi connectivity index (χ1n) is 8.02. The Balaban J connectivity index is 1.72. The summed E-state index contributed by atoms with van der Waals surface area (Å²) in [5, 5.41) is 10.3. The lowest BCUT2D eigenvalue weighted by Crippen LogP contribution is -2.42. The van der Waals surface area contributed by atoms with Gasteiger partial charge in [-0.1, -0.05) is 12.1 Å². The second-order valence-electron chi connectivity index (χ2n) is 5.45. The summed E-state index contributed by atoms with van der Waals surface area (Å²) in [6.07, 6.45) is 1.88. The summed E-state index contributed by atoms with van der Waals surface area (Å²) in [7, 11) is 0. The van der Waals surface area contributed by atoms with Gasteiger partial charge < -0.3 is 20.9 Å². The van der Waals surface area contributed by atoms with Crippen molar-refractivity contribution >= 4 is 16.9 Å². The van der Waals surface area contributed by atoms with E-state index in [-0.39, 0.29) is 0 Å². The molecule has 1 fully saturated rings. The largest absolute Gasteiger partial charge is 0.353 e. The Morgan fingerprint density at radius 2 is 1.36 bits per heavy atom. The van der Waals surface area contributed by atoms with Crippen molar-refractivity contribution in [3.8, 4) is 0 Å². The van der Waals surface area contributed by atoms with E-state index in [1.54, 1.807) is 0 Å². The smallest absolute Gasteiger partial charge is 0.147 e. The summed E-state index contributed by atoms with van der Waals surface area (Å²) < 4.78 is 0. The summed E-state index contributed by atoms with van der Waals surface area (Å²) in [5.74, 6) is 0.956. The lowest BCUT2D eigenvalue weighted by Gasteiger charge is -2.24. The third-order valence-electron chi connectivity index (χ3n) is 3.83.